The fraction of sp³-hybridized carbons (Fsp3) is 0.100. The van der Waals surface area contributed by atoms with Crippen molar-refractivity contribution in [1.82, 2.24) is 10.2 Å². The molecule has 0 atom stereocenters. The molecule has 0 aliphatic heterocycles. The van der Waals surface area contributed by atoms with Crippen molar-refractivity contribution in [3.05, 3.63) is 46.4 Å². The summed E-state index contributed by atoms with van der Waals surface area (Å²) in [5.41, 5.74) is 1.83. The topological polar surface area (TPSA) is 40.7 Å². The summed E-state index contributed by atoms with van der Waals surface area (Å²) in [6.07, 6.45) is 1.69. The highest BCUT2D eigenvalue weighted by atomic mass is 79.9. The molecule has 2 rings (SSSR count). The Morgan fingerprint density at radius 2 is 2.27 bits per heavy atom. The quantitative estimate of drug-likeness (QED) is 0.900. The lowest BCUT2D eigenvalue weighted by molar-refractivity contribution is 0.627. The average Bonchev–Trinajstić information content (AvgIpc) is 2.69. The van der Waals surface area contributed by atoms with E-state index in [0.29, 0.717) is 11.0 Å². The van der Waals surface area contributed by atoms with E-state index in [9.17, 15) is 4.39 Å². The second-order valence-corrected chi connectivity index (χ2v) is 3.91. The maximum absolute atomic E-state index is 12.8. The Kier molecular flexibility index (Phi) is 3.01. The van der Waals surface area contributed by atoms with E-state index in [-0.39, 0.29) is 5.82 Å². The molecular formula is C10H9BrFN3. The summed E-state index contributed by atoms with van der Waals surface area (Å²) in [4.78, 5) is 0. The van der Waals surface area contributed by atoms with Gasteiger partial charge in [-0.1, -0.05) is 0 Å². The molecule has 0 amide bonds. The molecular weight excluding hydrogens is 261 g/mol. The number of rotatable bonds is 3. The third kappa shape index (κ3) is 2.56. The van der Waals surface area contributed by atoms with Gasteiger partial charge in [-0.05, 0) is 40.2 Å². The number of aromatic amines is 1. The maximum Gasteiger partial charge on any atom is 0.124 e. The molecule has 0 saturated carbocycles. The average molecular weight is 270 g/mol. The van der Waals surface area contributed by atoms with Crippen LogP contribution < -0.4 is 5.32 Å². The van der Waals surface area contributed by atoms with Crippen LogP contribution in [0.15, 0.2) is 34.9 Å². The second-order valence-electron chi connectivity index (χ2n) is 3.06. The molecule has 0 unspecified atom stereocenters. The zero-order chi connectivity index (χ0) is 10.7. The molecule has 5 heteroatoms. The maximum atomic E-state index is 12.8. The minimum Gasteiger partial charge on any atom is -0.378 e. The van der Waals surface area contributed by atoms with E-state index in [2.05, 4.69) is 31.4 Å². The lowest BCUT2D eigenvalue weighted by atomic mass is 10.3. The highest BCUT2D eigenvalue weighted by Crippen LogP contribution is 2.23. The third-order valence-corrected chi connectivity index (χ3v) is 2.61. The zero-order valence-electron chi connectivity index (χ0n) is 7.80. The summed E-state index contributed by atoms with van der Waals surface area (Å²) in [6.45, 7) is 0.629. The van der Waals surface area contributed by atoms with Gasteiger partial charge in [-0.3, -0.25) is 5.10 Å². The second kappa shape index (κ2) is 4.44. The van der Waals surface area contributed by atoms with Crippen LogP contribution in [-0.4, -0.2) is 10.2 Å². The van der Waals surface area contributed by atoms with Gasteiger partial charge in [0, 0.05) is 16.4 Å². The summed E-state index contributed by atoms with van der Waals surface area (Å²) < 4.78 is 13.5. The van der Waals surface area contributed by atoms with E-state index in [1.54, 1.807) is 12.3 Å². The molecule has 0 aliphatic carbocycles. The summed E-state index contributed by atoms with van der Waals surface area (Å²) in [6, 6.07) is 6.41. The summed E-state index contributed by atoms with van der Waals surface area (Å²) in [5, 5.41) is 9.83. The molecule has 0 spiro atoms. The van der Waals surface area contributed by atoms with Gasteiger partial charge in [0.15, 0.2) is 0 Å². The SMILES string of the molecule is Fc1ccc(NCc2ccn[nH]2)c(Br)c1. The monoisotopic (exact) mass is 269 g/mol. The Labute approximate surface area is 94.8 Å². The van der Waals surface area contributed by atoms with Crippen molar-refractivity contribution >= 4 is 21.6 Å². The number of hydrogen-bond donors (Lipinski definition) is 2. The molecule has 0 aliphatic rings. The van der Waals surface area contributed by atoms with Crippen LogP contribution in [-0.2, 0) is 6.54 Å². The minimum atomic E-state index is -0.256. The number of nitrogens with one attached hydrogen (secondary N) is 2. The molecule has 0 fully saturated rings. The van der Waals surface area contributed by atoms with Gasteiger partial charge in [-0.25, -0.2) is 4.39 Å². The van der Waals surface area contributed by atoms with Crippen LogP contribution in [0.5, 0.6) is 0 Å². The fourth-order valence-corrected chi connectivity index (χ4v) is 1.70. The van der Waals surface area contributed by atoms with Crippen LogP contribution in [0.4, 0.5) is 10.1 Å². The normalized spacial score (nSPS) is 10.3. The van der Waals surface area contributed by atoms with Crippen LogP contribution in [0.3, 0.4) is 0 Å². The highest BCUT2D eigenvalue weighted by Gasteiger charge is 2.01. The van der Waals surface area contributed by atoms with Crippen LogP contribution in [0.25, 0.3) is 0 Å². The molecule has 0 bridgehead atoms. The molecule has 1 aromatic heterocycles. The zero-order valence-corrected chi connectivity index (χ0v) is 9.38. The molecule has 2 N–H and O–H groups in total. The lowest BCUT2D eigenvalue weighted by Gasteiger charge is -2.06. The van der Waals surface area contributed by atoms with Gasteiger partial charge in [0.25, 0.3) is 0 Å². The van der Waals surface area contributed by atoms with Gasteiger partial charge in [0.05, 0.1) is 12.2 Å². The Morgan fingerprint density at radius 1 is 1.40 bits per heavy atom. The van der Waals surface area contributed by atoms with Crippen molar-refractivity contribution < 1.29 is 4.39 Å². The van der Waals surface area contributed by atoms with E-state index in [0.717, 1.165) is 11.4 Å². The Balaban J connectivity index is 2.05. The Bertz CT molecular complexity index is 442. The number of halogens is 2. The predicted molar refractivity (Wildman–Crippen MR) is 60.0 cm³/mol. The first kappa shape index (κ1) is 10.2. The van der Waals surface area contributed by atoms with Crippen LogP contribution in [0.2, 0.25) is 0 Å². The van der Waals surface area contributed by atoms with Gasteiger partial charge >= 0.3 is 0 Å². The number of H-pyrrole nitrogens is 1. The van der Waals surface area contributed by atoms with Crippen molar-refractivity contribution in [3.8, 4) is 0 Å². The number of nitrogens with zero attached hydrogens (tertiary/aromatic N) is 1. The van der Waals surface area contributed by atoms with Gasteiger partial charge in [0.2, 0.25) is 0 Å². The molecule has 0 radical (unpaired) electrons. The van der Waals surface area contributed by atoms with Crippen LogP contribution in [0, 0.1) is 5.82 Å². The molecule has 1 heterocycles. The number of benzene rings is 1. The fourth-order valence-electron chi connectivity index (χ4n) is 1.21. The van der Waals surface area contributed by atoms with Crippen LogP contribution >= 0.6 is 15.9 Å². The Morgan fingerprint density at radius 3 is 2.93 bits per heavy atom. The van der Waals surface area contributed by atoms with Gasteiger partial charge in [-0.15, -0.1) is 0 Å². The van der Waals surface area contributed by atoms with E-state index in [1.807, 2.05) is 6.07 Å². The lowest BCUT2D eigenvalue weighted by Crippen LogP contribution is -2.00. The number of anilines is 1. The van der Waals surface area contributed by atoms with E-state index in [4.69, 9.17) is 0 Å². The van der Waals surface area contributed by atoms with Crippen molar-refractivity contribution in [2.75, 3.05) is 5.32 Å². The largest absolute Gasteiger partial charge is 0.378 e. The molecule has 15 heavy (non-hydrogen) atoms. The first-order valence-electron chi connectivity index (χ1n) is 4.43. The van der Waals surface area contributed by atoms with E-state index >= 15 is 0 Å². The molecule has 2 aromatic rings. The first-order chi connectivity index (χ1) is 7.25. The Hall–Kier alpha value is -1.36. The summed E-state index contributed by atoms with van der Waals surface area (Å²) >= 11 is 3.28. The van der Waals surface area contributed by atoms with Crippen molar-refractivity contribution in [1.29, 1.82) is 0 Å². The van der Waals surface area contributed by atoms with Gasteiger partial charge in [-0.2, -0.15) is 5.10 Å². The van der Waals surface area contributed by atoms with Gasteiger partial charge < -0.3 is 5.32 Å². The number of aromatic nitrogens is 2. The minimum absolute atomic E-state index is 0.256. The van der Waals surface area contributed by atoms with Crippen LogP contribution in [0.1, 0.15) is 5.69 Å². The van der Waals surface area contributed by atoms with Crippen molar-refractivity contribution in [2.45, 2.75) is 6.54 Å². The summed E-state index contributed by atoms with van der Waals surface area (Å²) in [5.74, 6) is -0.256. The smallest absolute Gasteiger partial charge is 0.124 e. The number of hydrogen-bond acceptors (Lipinski definition) is 2. The third-order valence-electron chi connectivity index (χ3n) is 1.96. The molecule has 78 valence electrons. The standard InChI is InChI=1S/C10H9BrFN3/c11-9-5-7(12)1-2-10(9)13-6-8-3-4-14-15-8/h1-5,13H,6H2,(H,14,15). The molecule has 1 aromatic carbocycles. The molecule has 0 saturated heterocycles. The molecule has 3 nitrogen and oxygen atoms in total. The van der Waals surface area contributed by atoms with Crippen molar-refractivity contribution in [3.63, 3.8) is 0 Å². The van der Waals surface area contributed by atoms with E-state index < -0.39 is 0 Å². The predicted octanol–water partition coefficient (Wildman–Crippen LogP) is 2.92. The first-order valence-corrected chi connectivity index (χ1v) is 5.22. The highest BCUT2D eigenvalue weighted by molar-refractivity contribution is 9.10. The van der Waals surface area contributed by atoms with Crippen molar-refractivity contribution in [2.24, 2.45) is 0 Å². The van der Waals surface area contributed by atoms with E-state index in [1.165, 1.54) is 12.1 Å². The van der Waals surface area contributed by atoms with Gasteiger partial charge in [0.1, 0.15) is 5.82 Å². The summed E-state index contributed by atoms with van der Waals surface area (Å²) in [7, 11) is 0.